The lowest BCUT2D eigenvalue weighted by Crippen LogP contribution is -2.23. The molecule has 1 heterocycles. The summed E-state index contributed by atoms with van der Waals surface area (Å²) >= 11 is 7.07. The Hall–Kier alpha value is -2.79. The number of tetrazole rings is 1. The average Bonchev–Trinajstić information content (AvgIpc) is 3.12. The highest BCUT2D eigenvalue weighted by molar-refractivity contribution is 8.00. The Morgan fingerprint density at radius 3 is 2.60 bits per heavy atom. The third kappa shape index (κ3) is 5.63. The van der Waals surface area contributed by atoms with Gasteiger partial charge in [-0.1, -0.05) is 29.4 Å². The smallest absolute Gasteiger partial charge is 0.406 e. The zero-order valence-electron chi connectivity index (χ0n) is 15.6. The van der Waals surface area contributed by atoms with Gasteiger partial charge in [0.05, 0.1) is 10.9 Å². The highest BCUT2D eigenvalue weighted by Crippen LogP contribution is 2.27. The molecule has 0 fully saturated rings. The number of amides is 1. The van der Waals surface area contributed by atoms with Gasteiger partial charge in [0, 0.05) is 10.7 Å². The van der Waals surface area contributed by atoms with Crippen molar-refractivity contribution in [1.29, 1.82) is 0 Å². The monoisotopic (exact) mass is 457 g/mol. The van der Waals surface area contributed by atoms with Gasteiger partial charge in [-0.15, -0.1) is 18.3 Å². The minimum Gasteiger partial charge on any atom is -0.406 e. The van der Waals surface area contributed by atoms with E-state index in [2.05, 4.69) is 25.6 Å². The van der Waals surface area contributed by atoms with Gasteiger partial charge >= 0.3 is 6.36 Å². The molecule has 0 aliphatic rings. The van der Waals surface area contributed by atoms with Gasteiger partial charge in [0.15, 0.2) is 0 Å². The summed E-state index contributed by atoms with van der Waals surface area (Å²) in [7, 11) is 0. The van der Waals surface area contributed by atoms with Crippen LogP contribution < -0.4 is 10.1 Å². The maximum Gasteiger partial charge on any atom is 0.573 e. The van der Waals surface area contributed by atoms with Crippen molar-refractivity contribution < 1.29 is 22.7 Å². The summed E-state index contributed by atoms with van der Waals surface area (Å²) in [5.74, 6) is -0.646. The van der Waals surface area contributed by atoms with Crippen molar-refractivity contribution >= 4 is 35.0 Å². The number of nitrogens with zero attached hydrogens (tertiary/aromatic N) is 4. The molecule has 0 spiro atoms. The number of hydrogen-bond acceptors (Lipinski definition) is 6. The molecule has 1 atom stereocenters. The summed E-state index contributed by atoms with van der Waals surface area (Å²) in [5, 5.41) is 14.3. The van der Waals surface area contributed by atoms with Crippen molar-refractivity contribution in [2.45, 2.75) is 30.6 Å². The van der Waals surface area contributed by atoms with Crippen molar-refractivity contribution in [3.63, 3.8) is 0 Å². The number of aromatic nitrogens is 4. The van der Waals surface area contributed by atoms with Gasteiger partial charge in [0.1, 0.15) is 5.75 Å². The Kier molecular flexibility index (Phi) is 6.52. The van der Waals surface area contributed by atoms with Gasteiger partial charge in [-0.05, 0) is 66.2 Å². The molecule has 0 aliphatic heterocycles. The molecule has 12 heteroatoms. The fraction of sp³-hybridized carbons (Fsp3) is 0.222. The molecule has 3 aromatic rings. The van der Waals surface area contributed by atoms with Crippen molar-refractivity contribution in [2.24, 2.45) is 0 Å². The zero-order valence-corrected chi connectivity index (χ0v) is 17.2. The molecular weight excluding hydrogens is 443 g/mol. The summed E-state index contributed by atoms with van der Waals surface area (Å²) in [6, 6.07) is 10.2. The molecule has 2 aromatic carbocycles. The van der Waals surface area contributed by atoms with Crippen LogP contribution in [0.3, 0.4) is 0 Å². The fourth-order valence-corrected chi connectivity index (χ4v) is 3.36. The van der Waals surface area contributed by atoms with Crippen LogP contribution in [-0.2, 0) is 4.79 Å². The topological polar surface area (TPSA) is 81.9 Å². The lowest BCUT2D eigenvalue weighted by atomic mass is 10.2. The lowest BCUT2D eigenvalue weighted by molar-refractivity contribution is -0.274. The number of benzene rings is 2. The van der Waals surface area contributed by atoms with E-state index in [-0.39, 0.29) is 11.7 Å². The Bertz CT molecular complexity index is 1040. The summed E-state index contributed by atoms with van der Waals surface area (Å²) in [6.45, 7) is 3.52. The van der Waals surface area contributed by atoms with Crippen LogP contribution in [0, 0.1) is 6.92 Å². The molecule has 0 saturated heterocycles. The van der Waals surface area contributed by atoms with Gasteiger partial charge in [0.2, 0.25) is 11.1 Å². The summed E-state index contributed by atoms with van der Waals surface area (Å²) < 4.78 is 42.0. The first kappa shape index (κ1) is 21.9. The zero-order chi connectivity index (χ0) is 21.9. The maximum atomic E-state index is 12.6. The van der Waals surface area contributed by atoms with E-state index >= 15 is 0 Å². The second-order valence-corrected chi connectivity index (χ2v) is 7.87. The molecule has 7 nitrogen and oxygen atoms in total. The first-order valence-electron chi connectivity index (χ1n) is 8.50. The molecule has 1 aromatic heterocycles. The Morgan fingerprint density at radius 1 is 1.23 bits per heavy atom. The van der Waals surface area contributed by atoms with Crippen LogP contribution in [0.2, 0.25) is 5.02 Å². The third-order valence-electron chi connectivity index (χ3n) is 3.86. The van der Waals surface area contributed by atoms with E-state index in [0.717, 1.165) is 29.5 Å². The molecule has 1 N–H and O–H groups in total. The van der Waals surface area contributed by atoms with E-state index in [9.17, 15) is 18.0 Å². The fourth-order valence-electron chi connectivity index (χ4n) is 2.38. The summed E-state index contributed by atoms with van der Waals surface area (Å²) in [4.78, 5) is 12.6. The third-order valence-corrected chi connectivity index (χ3v) is 5.13. The number of carbonyl (C=O) groups is 1. The maximum absolute atomic E-state index is 12.6. The van der Waals surface area contributed by atoms with Crippen molar-refractivity contribution in [3.05, 3.63) is 53.1 Å². The van der Waals surface area contributed by atoms with Crippen LogP contribution in [0.15, 0.2) is 47.6 Å². The minimum absolute atomic E-state index is 0.283. The first-order chi connectivity index (χ1) is 14.1. The summed E-state index contributed by atoms with van der Waals surface area (Å²) in [6.07, 6.45) is -4.78. The van der Waals surface area contributed by atoms with Gasteiger partial charge in [-0.3, -0.25) is 4.79 Å². The Balaban J connectivity index is 1.70. The molecule has 158 valence electrons. The number of aryl methyl sites for hydroxylation is 1. The first-order valence-corrected chi connectivity index (χ1v) is 9.76. The average molecular weight is 458 g/mol. The number of alkyl halides is 3. The SMILES string of the molecule is Cc1ccc(Cl)cc1NC(=O)C(C)Sc1nnnn1-c1ccc(OC(F)(F)F)cc1. The standard InChI is InChI=1S/C18H15ClF3N5O2S/c1-10-3-4-12(19)9-15(10)23-16(28)11(2)30-17-24-25-26-27(17)13-5-7-14(8-6-13)29-18(20,21)22/h3-9,11H,1-2H3,(H,23,28). The normalized spacial score (nSPS) is 12.5. The molecule has 30 heavy (non-hydrogen) atoms. The molecule has 1 unspecified atom stereocenters. The molecule has 1 amide bonds. The predicted octanol–water partition coefficient (Wildman–Crippen LogP) is 4.64. The van der Waals surface area contributed by atoms with Crippen LogP contribution in [0.25, 0.3) is 5.69 Å². The second kappa shape index (κ2) is 8.92. The highest BCUT2D eigenvalue weighted by atomic mass is 35.5. The number of rotatable bonds is 6. The van der Waals surface area contributed by atoms with Crippen LogP contribution in [-0.4, -0.2) is 37.7 Å². The van der Waals surface area contributed by atoms with E-state index in [1.807, 2.05) is 6.92 Å². The molecule has 3 rings (SSSR count). The van der Waals surface area contributed by atoms with Crippen LogP contribution >= 0.6 is 23.4 Å². The number of halogens is 4. The number of hydrogen-bond donors (Lipinski definition) is 1. The minimum atomic E-state index is -4.78. The van der Waals surface area contributed by atoms with Crippen molar-refractivity contribution in [2.75, 3.05) is 5.32 Å². The molecule has 0 radical (unpaired) electrons. The van der Waals surface area contributed by atoms with Gasteiger partial charge < -0.3 is 10.1 Å². The van der Waals surface area contributed by atoms with Gasteiger partial charge in [0.25, 0.3) is 0 Å². The molecule has 0 saturated carbocycles. The highest BCUT2D eigenvalue weighted by Gasteiger charge is 2.31. The predicted molar refractivity (Wildman–Crippen MR) is 106 cm³/mol. The van der Waals surface area contributed by atoms with Crippen LogP contribution in [0.4, 0.5) is 18.9 Å². The Labute approximate surface area is 178 Å². The lowest BCUT2D eigenvalue weighted by Gasteiger charge is -2.13. The summed E-state index contributed by atoms with van der Waals surface area (Å²) in [5.41, 5.74) is 1.87. The number of carbonyl (C=O) groups excluding carboxylic acids is 1. The van der Waals surface area contributed by atoms with E-state index < -0.39 is 11.6 Å². The second-order valence-electron chi connectivity index (χ2n) is 6.12. The Morgan fingerprint density at radius 2 is 1.93 bits per heavy atom. The van der Waals surface area contributed by atoms with Crippen molar-refractivity contribution in [3.8, 4) is 11.4 Å². The molecule has 0 aliphatic carbocycles. The molecule has 0 bridgehead atoms. The van der Waals surface area contributed by atoms with E-state index in [1.54, 1.807) is 25.1 Å². The number of thioether (sulfide) groups is 1. The quantitative estimate of drug-likeness (QED) is 0.543. The number of ether oxygens (including phenoxy) is 1. The van der Waals surface area contributed by atoms with Gasteiger partial charge in [-0.25, -0.2) is 0 Å². The largest absolute Gasteiger partial charge is 0.573 e. The molecular formula is C18H15ClF3N5O2S. The number of nitrogens with one attached hydrogen (secondary N) is 1. The van der Waals surface area contributed by atoms with E-state index in [4.69, 9.17) is 11.6 Å². The van der Waals surface area contributed by atoms with E-state index in [1.165, 1.54) is 16.8 Å². The van der Waals surface area contributed by atoms with E-state index in [0.29, 0.717) is 21.6 Å². The van der Waals surface area contributed by atoms with Crippen molar-refractivity contribution in [1.82, 2.24) is 20.2 Å². The van der Waals surface area contributed by atoms with Crippen LogP contribution in [0.5, 0.6) is 5.75 Å². The van der Waals surface area contributed by atoms with Crippen LogP contribution in [0.1, 0.15) is 12.5 Å². The van der Waals surface area contributed by atoms with Gasteiger partial charge in [-0.2, -0.15) is 4.68 Å². The number of anilines is 1.